The Labute approximate surface area is 140 Å². The molecule has 0 radical (unpaired) electrons. The van der Waals surface area contributed by atoms with E-state index in [2.05, 4.69) is 13.8 Å². The molecular weight excluding hydrogens is 211 g/mol. The zero-order valence-electron chi connectivity index (χ0n) is 12.1. The van der Waals surface area contributed by atoms with Crippen LogP contribution in [-0.4, -0.2) is 11.7 Å². The van der Waals surface area contributed by atoms with E-state index in [9.17, 15) is 0 Å². The van der Waals surface area contributed by atoms with E-state index in [1.165, 1.54) is 51.4 Å². The summed E-state index contributed by atoms with van der Waals surface area (Å²) < 4.78 is 0. The monoisotopic (exact) mass is 240 g/mol. The maximum atomic E-state index is 8.59. The van der Waals surface area contributed by atoms with E-state index < -0.39 is 0 Å². The number of hydrogen-bond donors (Lipinski definition) is 1. The molecule has 0 spiro atoms. The van der Waals surface area contributed by atoms with Crippen molar-refractivity contribution in [3.8, 4) is 0 Å². The Morgan fingerprint density at radius 1 is 0.800 bits per heavy atom. The number of rotatable bonds is 10. The molecule has 15 heavy (non-hydrogen) atoms. The van der Waals surface area contributed by atoms with Gasteiger partial charge < -0.3 is 6.53 Å². The molecule has 0 aromatic rings. The average molecular weight is 240 g/mol. The molecule has 0 aromatic carbocycles. The predicted molar refractivity (Wildman–Crippen MR) is 64.6 cm³/mol. The fourth-order valence-electron chi connectivity index (χ4n) is 1.73. The minimum Gasteiger partial charge on any atom is -1.00 e. The van der Waals surface area contributed by atoms with Crippen molar-refractivity contribution in [2.24, 2.45) is 5.92 Å². The Hall–Kier alpha value is 1.60. The molecule has 0 aliphatic rings. The zero-order valence-corrected chi connectivity index (χ0v) is 14.2. The van der Waals surface area contributed by atoms with Gasteiger partial charge in [0.25, 0.3) is 0 Å². The van der Waals surface area contributed by atoms with Crippen molar-refractivity contribution in [1.82, 2.24) is 0 Å². The molecule has 0 aliphatic heterocycles. The minimum atomic E-state index is 0. The molecule has 0 unspecified atom stereocenters. The summed E-state index contributed by atoms with van der Waals surface area (Å²) in [5, 5.41) is 8.59. The summed E-state index contributed by atoms with van der Waals surface area (Å²) in [4.78, 5) is 0. The fourth-order valence-corrected chi connectivity index (χ4v) is 1.73. The van der Waals surface area contributed by atoms with Crippen LogP contribution < -0.4 is 51.4 Å². The van der Waals surface area contributed by atoms with Crippen LogP contribution in [0, 0.1) is 5.92 Å². The van der Waals surface area contributed by atoms with Crippen molar-refractivity contribution in [1.29, 1.82) is 0 Å². The number of unbranched alkanes of at least 4 members (excludes halogenated alkanes) is 7. The van der Waals surface area contributed by atoms with Gasteiger partial charge >= 0.3 is 51.4 Å². The topological polar surface area (TPSA) is 20.2 Å². The summed E-state index contributed by atoms with van der Waals surface area (Å²) in [6.45, 7) is 4.97. The Bertz CT molecular complexity index is 110. The Kier molecular flexibility index (Phi) is 19.7. The van der Waals surface area contributed by atoms with Crippen LogP contribution in [0.2, 0.25) is 0 Å². The molecule has 0 aromatic heterocycles. The predicted octanol–water partition coefficient (Wildman–Crippen LogP) is 1.26. The van der Waals surface area contributed by atoms with Gasteiger partial charge in [-0.3, -0.25) is 0 Å². The molecule has 0 amide bonds. The van der Waals surface area contributed by atoms with Crippen LogP contribution in [0.3, 0.4) is 0 Å². The molecule has 0 rings (SSSR count). The first kappa shape index (κ1) is 18.9. The van der Waals surface area contributed by atoms with Gasteiger partial charge in [-0.2, -0.15) is 0 Å². The summed E-state index contributed by atoms with van der Waals surface area (Å²) in [5.74, 6) is 0.875. The van der Waals surface area contributed by atoms with E-state index in [0.29, 0.717) is 6.61 Å². The summed E-state index contributed by atoms with van der Waals surface area (Å²) in [6.07, 6.45) is 11.9. The van der Waals surface area contributed by atoms with Crippen molar-refractivity contribution in [2.75, 3.05) is 6.61 Å². The van der Waals surface area contributed by atoms with Gasteiger partial charge in [0, 0.05) is 6.61 Å². The van der Waals surface area contributed by atoms with Crippen molar-refractivity contribution >= 4 is 0 Å². The molecule has 0 saturated heterocycles. The van der Waals surface area contributed by atoms with Crippen molar-refractivity contribution in [3.05, 3.63) is 0 Å². The second-order valence-electron chi connectivity index (χ2n) is 4.73. The van der Waals surface area contributed by atoms with Gasteiger partial charge in [-0.25, -0.2) is 0 Å². The second kappa shape index (κ2) is 15.6. The van der Waals surface area contributed by atoms with Crippen LogP contribution in [0.5, 0.6) is 0 Å². The Morgan fingerprint density at radius 3 is 1.60 bits per heavy atom. The summed E-state index contributed by atoms with van der Waals surface area (Å²) in [5.41, 5.74) is 0. The quantitative estimate of drug-likeness (QED) is 0.450. The molecule has 0 aliphatic carbocycles. The molecule has 1 nitrogen and oxygen atoms in total. The van der Waals surface area contributed by atoms with Gasteiger partial charge in [-0.15, -0.1) is 0 Å². The van der Waals surface area contributed by atoms with Gasteiger partial charge in [0.1, 0.15) is 0 Å². The van der Waals surface area contributed by atoms with E-state index in [0.717, 1.165) is 12.3 Å². The maximum Gasteiger partial charge on any atom is 1.00 e. The van der Waals surface area contributed by atoms with Gasteiger partial charge in [-0.05, 0) is 12.3 Å². The third kappa shape index (κ3) is 18.2. The number of aliphatic hydroxyl groups is 1. The standard InChI is InChI=1S/C13H28O.K.H/c1-13(2)11-9-7-5-3-4-6-8-10-12-14;;/h13-14H,3-12H2,1-2H3;;/q;+1;-1. The third-order valence-corrected chi connectivity index (χ3v) is 2.69. The first-order valence-corrected chi connectivity index (χ1v) is 6.38. The van der Waals surface area contributed by atoms with Crippen molar-refractivity contribution in [3.63, 3.8) is 0 Å². The van der Waals surface area contributed by atoms with Crippen LogP contribution in [0.25, 0.3) is 0 Å². The van der Waals surface area contributed by atoms with Gasteiger partial charge in [0.15, 0.2) is 0 Å². The summed E-state index contributed by atoms with van der Waals surface area (Å²) in [6, 6.07) is 0. The zero-order chi connectivity index (χ0) is 10.6. The second-order valence-corrected chi connectivity index (χ2v) is 4.73. The molecule has 0 bridgehead atoms. The number of hydrogen-bond acceptors (Lipinski definition) is 1. The van der Waals surface area contributed by atoms with Gasteiger partial charge in [-0.1, -0.05) is 65.2 Å². The molecule has 0 saturated carbocycles. The Balaban J connectivity index is -0.000000845. The maximum absolute atomic E-state index is 8.59. The van der Waals surface area contributed by atoms with Gasteiger partial charge in [0.2, 0.25) is 0 Å². The average Bonchev–Trinajstić information content (AvgIpc) is 2.15. The minimum absolute atomic E-state index is 0. The van der Waals surface area contributed by atoms with E-state index in [1.807, 2.05) is 0 Å². The fraction of sp³-hybridized carbons (Fsp3) is 1.00. The van der Waals surface area contributed by atoms with Crippen LogP contribution in [0.4, 0.5) is 0 Å². The largest absolute Gasteiger partial charge is 1.00 e. The number of aliphatic hydroxyl groups excluding tert-OH is 1. The molecule has 2 heteroatoms. The normalized spacial score (nSPS) is 10.4. The molecule has 0 heterocycles. The molecule has 0 fully saturated rings. The van der Waals surface area contributed by atoms with Crippen LogP contribution in [0.1, 0.15) is 73.1 Å². The SMILES string of the molecule is CC(C)CCCCCCCCCCO.[H-].[K+]. The van der Waals surface area contributed by atoms with Crippen LogP contribution in [0.15, 0.2) is 0 Å². The first-order chi connectivity index (χ1) is 6.77. The van der Waals surface area contributed by atoms with Crippen molar-refractivity contribution < 1.29 is 57.9 Å². The van der Waals surface area contributed by atoms with E-state index in [1.54, 1.807) is 0 Å². The van der Waals surface area contributed by atoms with Crippen LogP contribution in [-0.2, 0) is 0 Å². The van der Waals surface area contributed by atoms with E-state index in [-0.39, 0.29) is 52.8 Å². The molecule has 0 atom stereocenters. The summed E-state index contributed by atoms with van der Waals surface area (Å²) in [7, 11) is 0. The van der Waals surface area contributed by atoms with Crippen LogP contribution >= 0.6 is 0 Å². The van der Waals surface area contributed by atoms with E-state index in [4.69, 9.17) is 5.11 Å². The first-order valence-electron chi connectivity index (χ1n) is 6.38. The third-order valence-electron chi connectivity index (χ3n) is 2.69. The molecular formula is C13H29KO. The van der Waals surface area contributed by atoms with E-state index >= 15 is 0 Å². The van der Waals surface area contributed by atoms with Crippen molar-refractivity contribution in [2.45, 2.75) is 71.6 Å². The Morgan fingerprint density at radius 2 is 1.20 bits per heavy atom. The molecule has 88 valence electrons. The summed E-state index contributed by atoms with van der Waals surface area (Å²) >= 11 is 0. The van der Waals surface area contributed by atoms with Gasteiger partial charge in [0.05, 0.1) is 0 Å². The molecule has 1 N–H and O–H groups in total. The smallest absolute Gasteiger partial charge is 1.00 e.